The molecule has 0 atom stereocenters. The highest BCUT2D eigenvalue weighted by atomic mass is 32.1. The lowest BCUT2D eigenvalue weighted by atomic mass is 10.1. The molecule has 2 N–H and O–H groups in total. The van der Waals surface area contributed by atoms with E-state index in [0.717, 1.165) is 19.2 Å². The van der Waals surface area contributed by atoms with Crippen LogP contribution in [0.25, 0.3) is 0 Å². The number of anilines is 2. The Bertz CT molecular complexity index is 1170. The van der Waals surface area contributed by atoms with Crippen LogP contribution in [0.3, 0.4) is 0 Å². The average molecular weight is 476 g/mol. The zero-order chi connectivity index (χ0) is 24.0. The van der Waals surface area contributed by atoms with Gasteiger partial charge >= 0.3 is 12.6 Å². The first-order valence-electron chi connectivity index (χ1n) is 9.33. The summed E-state index contributed by atoms with van der Waals surface area (Å²) in [5.74, 6) is -2.36. The lowest BCUT2D eigenvalue weighted by molar-refractivity contribution is -0.0511. The number of esters is 1. The van der Waals surface area contributed by atoms with Crippen LogP contribution >= 0.6 is 11.3 Å². The molecule has 0 spiro atoms. The smallest absolute Gasteiger partial charge is 0.387 e. The average Bonchev–Trinajstić information content (AvgIpc) is 3.34. The van der Waals surface area contributed by atoms with Crippen molar-refractivity contribution < 1.29 is 37.4 Å². The minimum Gasteiger partial charge on any atom is -0.493 e. The van der Waals surface area contributed by atoms with Gasteiger partial charge in [0.05, 0.1) is 30.3 Å². The number of ether oxygens (including phenoxy) is 3. The Balaban J connectivity index is 1.88. The number of halogens is 2. The van der Waals surface area contributed by atoms with Gasteiger partial charge in [0.25, 0.3) is 11.8 Å². The second-order valence-electron chi connectivity index (χ2n) is 6.39. The maximum absolute atomic E-state index is 12.8. The second-order valence-corrected chi connectivity index (χ2v) is 7.33. The van der Waals surface area contributed by atoms with Crippen molar-refractivity contribution in [3.05, 3.63) is 69.9 Å². The highest BCUT2D eigenvalue weighted by Gasteiger charge is 2.21. The molecule has 0 saturated carbocycles. The summed E-state index contributed by atoms with van der Waals surface area (Å²) in [4.78, 5) is 37.8. The zero-order valence-corrected chi connectivity index (χ0v) is 18.2. The van der Waals surface area contributed by atoms with Crippen LogP contribution in [0.5, 0.6) is 11.5 Å². The summed E-state index contributed by atoms with van der Waals surface area (Å²) in [7, 11) is 2.34. The van der Waals surface area contributed by atoms with Crippen molar-refractivity contribution in [3.8, 4) is 11.5 Å². The van der Waals surface area contributed by atoms with E-state index in [1.165, 1.54) is 30.6 Å². The van der Waals surface area contributed by atoms with E-state index in [1.807, 2.05) is 0 Å². The van der Waals surface area contributed by atoms with Crippen molar-refractivity contribution in [2.45, 2.75) is 6.61 Å². The van der Waals surface area contributed by atoms with Gasteiger partial charge in [-0.15, -0.1) is 11.3 Å². The van der Waals surface area contributed by atoms with Crippen LogP contribution in [-0.4, -0.2) is 38.6 Å². The highest BCUT2D eigenvalue weighted by molar-refractivity contribution is 7.12. The first-order valence-corrected chi connectivity index (χ1v) is 10.2. The van der Waals surface area contributed by atoms with Crippen molar-refractivity contribution in [2.75, 3.05) is 24.9 Å². The largest absolute Gasteiger partial charge is 0.493 e. The number of hydrogen-bond acceptors (Lipinski definition) is 7. The first kappa shape index (κ1) is 23.7. The van der Waals surface area contributed by atoms with Crippen molar-refractivity contribution >= 4 is 40.5 Å². The summed E-state index contributed by atoms with van der Waals surface area (Å²) < 4.78 is 39.7. The number of nitrogens with one attached hydrogen (secondary N) is 2. The topological polar surface area (TPSA) is 103 Å². The third-order valence-electron chi connectivity index (χ3n) is 4.30. The first-order chi connectivity index (χ1) is 15.8. The summed E-state index contributed by atoms with van der Waals surface area (Å²) in [6.07, 6.45) is 0. The molecule has 0 radical (unpaired) electrons. The highest BCUT2D eigenvalue weighted by Crippen LogP contribution is 2.35. The number of methoxy groups -OCH3 is 2. The van der Waals surface area contributed by atoms with E-state index in [2.05, 4.69) is 15.4 Å². The van der Waals surface area contributed by atoms with Gasteiger partial charge in [0, 0.05) is 23.4 Å². The molecule has 11 heteroatoms. The molecule has 0 bridgehead atoms. The van der Waals surface area contributed by atoms with E-state index < -0.39 is 18.5 Å². The summed E-state index contributed by atoms with van der Waals surface area (Å²) in [5, 5.41) is 6.93. The molecule has 3 aromatic rings. The van der Waals surface area contributed by atoms with Gasteiger partial charge in [-0.1, -0.05) is 12.1 Å². The molecule has 1 heterocycles. The van der Waals surface area contributed by atoms with Crippen LogP contribution in [0.4, 0.5) is 20.2 Å². The quantitative estimate of drug-likeness (QED) is 0.459. The predicted molar refractivity (Wildman–Crippen MR) is 118 cm³/mol. The number of benzene rings is 2. The summed E-state index contributed by atoms with van der Waals surface area (Å²) >= 11 is 1.27. The molecule has 0 aliphatic carbocycles. The molecule has 33 heavy (non-hydrogen) atoms. The minimum absolute atomic E-state index is 0.128. The number of amides is 2. The van der Waals surface area contributed by atoms with Crippen LogP contribution < -0.4 is 20.1 Å². The standard InChI is InChI=1S/C22H18F2N2O6S/c1-30-16-10-14(21(29)31-2)15(11-17(16)32-22(23)24)26-19(27)12-5-3-6-13(9-12)25-20(28)18-7-4-8-33-18/h3-11,22H,1-2H3,(H,25,28)(H,26,27). The van der Waals surface area contributed by atoms with Crippen LogP contribution in [0, 0.1) is 0 Å². The monoisotopic (exact) mass is 476 g/mol. The van der Waals surface area contributed by atoms with E-state index in [4.69, 9.17) is 9.47 Å². The molecule has 0 aliphatic rings. The van der Waals surface area contributed by atoms with Crippen LogP contribution in [0.1, 0.15) is 30.4 Å². The maximum atomic E-state index is 12.8. The van der Waals surface area contributed by atoms with E-state index >= 15 is 0 Å². The fourth-order valence-electron chi connectivity index (χ4n) is 2.82. The third-order valence-corrected chi connectivity index (χ3v) is 5.17. The SMILES string of the molecule is COC(=O)c1cc(OC)c(OC(F)F)cc1NC(=O)c1cccc(NC(=O)c2cccs2)c1. The van der Waals surface area contributed by atoms with Gasteiger partial charge in [-0.3, -0.25) is 9.59 Å². The van der Waals surface area contributed by atoms with Gasteiger partial charge in [-0.25, -0.2) is 4.79 Å². The van der Waals surface area contributed by atoms with Crippen LogP contribution in [-0.2, 0) is 4.74 Å². The maximum Gasteiger partial charge on any atom is 0.387 e. The predicted octanol–water partition coefficient (Wildman–Crippen LogP) is 4.65. The van der Waals surface area contributed by atoms with Gasteiger partial charge in [-0.2, -0.15) is 8.78 Å². The number of carbonyl (C=O) groups is 3. The Labute approximate surface area is 191 Å². The van der Waals surface area contributed by atoms with Crippen molar-refractivity contribution in [1.29, 1.82) is 0 Å². The lowest BCUT2D eigenvalue weighted by Gasteiger charge is -2.16. The van der Waals surface area contributed by atoms with Crippen LogP contribution in [0.15, 0.2) is 53.9 Å². The molecule has 0 aliphatic heterocycles. The van der Waals surface area contributed by atoms with Crippen molar-refractivity contribution in [1.82, 2.24) is 0 Å². The second kappa shape index (κ2) is 10.6. The molecular formula is C22H18F2N2O6S. The Morgan fingerprint density at radius 1 is 0.939 bits per heavy atom. The van der Waals surface area contributed by atoms with E-state index in [0.29, 0.717) is 10.6 Å². The summed E-state index contributed by atoms with van der Waals surface area (Å²) in [5.41, 5.74) is 0.246. The molecule has 8 nitrogen and oxygen atoms in total. The van der Waals surface area contributed by atoms with E-state index in [-0.39, 0.29) is 34.2 Å². The van der Waals surface area contributed by atoms with E-state index in [9.17, 15) is 23.2 Å². The normalized spacial score (nSPS) is 10.5. The van der Waals surface area contributed by atoms with Gasteiger partial charge in [-0.05, 0) is 29.6 Å². The van der Waals surface area contributed by atoms with Gasteiger partial charge in [0.15, 0.2) is 11.5 Å². The molecule has 172 valence electrons. The Hall–Kier alpha value is -3.99. The molecule has 2 amide bonds. The van der Waals surface area contributed by atoms with E-state index in [1.54, 1.807) is 29.6 Å². The zero-order valence-electron chi connectivity index (χ0n) is 17.4. The fourth-order valence-corrected chi connectivity index (χ4v) is 3.44. The molecule has 0 saturated heterocycles. The van der Waals surface area contributed by atoms with Crippen molar-refractivity contribution in [3.63, 3.8) is 0 Å². The number of hydrogen-bond donors (Lipinski definition) is 2. The molecule has 0 unspecified atom stereocenters. The Morgan fingerprint density at radius 3 is 2.36 bits per heavy atom. The van der Waals surface area contributed by atoms with Gasteiger partial charge in [0.1, 0.15) is 0 Å². The third kappa shape index (κ3) is 5.83. The van der Waals surface area contributed by atoms with Gasteiger partial charge in [0.2, 0.25) is 0 Å². The molecule has 0 fully saturated rings. The Morgan fingerprint density at radius 2 is 1.73 bits per heavy atom. The summed E-state index contributed by atoms with van der Waals surface area (Å²) in [6.45, 7) is -3.16. The molecule has 3 rings (SSSR count). The van der Waals surface area contributed by atoms with Crippen LogP contribution in [0.2, 0.25) is 0 Å². The number of rotatable bonds is 8. The Kier molecular flexibility index (Phi) is 7.57. The minimum atomic E-state index is -3.16. The molecule has 2 aromatic carbocycles. The number of carbonyl (C=O) groups excluding carboxylic acids is 3. The van der Waals surface area contributed by atoms with Gasteiger partial charge < -0.3 is 24.8 Å². The molecule has 1 aromatic heterocycles. The fraction of sp³-hybridized carbons (Fsp3) is 0.136. The summed E-state index contributed by atoms with van der Waals surface area (Å²) in [6, 6.07) is 11.6. The number of thiophene rings is 1. The number of alkyl halides is 2. The van der Waals surface area contributed by atoms with Crippen molar-refractivity contribution in [2.24, 2.45) is 0 Å². The molecular weight excluding hydrogens is 458 g/mol. The lowest BCUT2D eigenvalue weighted by Crippen LogP contribution is -2.17.